The smallest absolute Gasteiger partial charge is 0.423 e. The molecule has 9 heteroatoms. The Bertz CT molecular complexity index is 1130. The molecule has 31 heavy (non-hydrogen) atoms. The molecule has 0 spiro atoms. The van der Waals surface area contributed by atoms with Gasteiger partial charge in [-0.3, -0.25) is 4.57 Å². The first-order valence-corrected chi connectivity index (χ1v) is 10.8. The molecule has 0 aliphatic heterocycles. The Labute approximate surface area is 190 Å². The number of imidazole rings is 1. The zero-order valence-electron chi connectivity index (χ0n) is 17.5. The van der Waals surface area contributed by atoms with E-state index in [-0.39, 0.29) is 0 Å². The maximum absolute atomic E-state index is 8.60. The van der Waals surface area contributed by atoms with Crippen molar-refractivity contribution in [2.75, 3.05) is 0 Å². The Morgan fingerprint density at radius 1 is 1.06 bits per heavy atom. The summed E-state index contributed by atoms with van der Waals surface area (Å²) in [6.45, 7) is 6.60. The lowest BCUT2D eigenvalue weighted by atomic mass is 9.89. The molecule has 0 unspecified atom stereocenters. The van der Waals surface area contributed by atoms with Gasteiger partial charge in [-0.25, -0.2) is 9.97 Å². The highest BCUT2D eigenvalue weighted by Gasteiger charge is 2.11. The van der Waals surface area contributed by atoms with Gasteiger partial charge in [0.1, 0.15) is 0 Å². The van der Waals surface area contributed by atoms with Crippen LogP contribution < -0.4 is 9.51 Å². The Balaban J connectivity index is 0.000000254. The van der Waals surface area contributed by atoms with Gasteiger partial charge in [-0.2, -0.15) is 11.3 Å². The number of pyridine rings is 1. The van der Waals surface area contributed by atoms with Crippen molar-refractivity contribution in [3.05, 3.63) is 87.8 Å². The van der Waals surface area contributed by atoms with Crippen LogP contribution in [0.5, 0.6) is 11.8 Å². The van der Waals surface area contributed by atoms with Gasteiger partial charge in [-0.05, 0) is 49.4 Å². The summed E-state index contributed by atoms with van der Waals surface area (Å²) in [5.41, 5.74) is 4.39. The van der Waals surface area contributed by atoms with Gasteiger partial charge in [0, 0.05) is 16.5 Å². The van der Waals surface area contributed by atoms with E-state index in [1.54, 1.807) is 24.8 Å². The van der Waals surface area contributed by atoms with Crippen molar-refractivity contribution in [3.63, 3.8) is 0 Å². The van der Waals surface area contributed by atoms with Gasteiger partial charge in [0.05, 0.1) is 24.1 Å². The molecule has 0 radical (unpaired) electrons. The second-order valence-electron chi connectivity index (χ2n) is 7.12. The summed E-state index contributed by atoms with van der Waals surface area (Å²) in [6.07, 6.45) is 5.01. The molecule has 1 aromatic carbocycles. The average molecular weight is 456 g/mol. The number of hydrogen-bond acceptors (Lipinski definition) is 6. The van der Waals surface area contributed by atoms with Gasteiger partial charge in [0.2, 0.25) is 11.8 Å². The fourth-order valence-electron chi connectivity index (χ4n) is 2.73. The number of ether oxygens (including phenoxy) is 1. The maximum atomic E-state index is 8.60. The van der Waals surface area contributed by atoms with E-state index in [1.165, 1.54) is 22.5 Å². The Morgan fingerprint density at radius 3 is 2.39 bits per heavy atom. The number of halogens is 1. The Hall–Kier alpha value is -2.65. The number of rotatable bonds is 5. The van der Waals surface area contributed by atoms with Crippen LogP contribution in [-0.4, -0.2) is 31.7 Å². The minimum Gasteiger partial charge on any atom is -0.423 e. The highest BCUT2D eigenvalue weighted by atomic mass is 35.5. The fraction of sp³-hybridized carbons (Fsp3) is 0.182. The molecule has 0 saturated carbocycles. The summed E-state index contributed by atoms with van der Waals surface area (Å²) < 4.78 is 8.41. The third-order valence-corrected chi connectivity index (χ3v) is 5.65. The second kappa shape index (κ2) is 10.6. The van der Waals surface area contributed by atoms with Gasteiger partial charge >= 0.3 is 7.12 Å². The lowest BCUT2D eigenvalue weighted by Crippen LogP contribution is -2.26. The Kier molecular flexibility index (Phi) is 7.87. The molecule has 160 valence electrons. The number of hydrogen-bond donors (Lipinski definition) is 2. The average Bonchev–Trinajstić information content (AvgIpc) is 3.35. The largest absolute Gasteiger partial charge is 0.499 e. The predicted octanol–water partition coefficient (Wildman–Crippen LogP) is 4.13. The van der Waals surface area contributed by atoms with Crippen LogP contribution in [0.4, 0.5) is 0 Å². The van der Waals surface area contributed by atoms with Crippen LogP contribution in [0.3, 0.4) is 0 Å². The summed E-state index contributed by atoms with van der Waals surface area (Å²) in [5.74, 6) is 1.19. The van der Waals surface area contributed by atoms with Gasteiger partial charge in [0.15, 0.2) is 0 Å². The second-order valence-corrected chi connectivity index (χ2v) is 8.50. The number of aryl methyl sites for hydroxylation is 3. The highest BCUT2D eigenvalue weighted by Crippen LogP contribution is 2.25. The number of thiophene rings is 1. The quantitative estimate of drug-likeness (QED) is 0.442. The number of benzene rings is 1. The van der Waals surface area contributed by atoms with Crippen molar-refractivity contribution in [1.29, 1.82) is 0 Å². The summed E-state index contributed by atoms with van der Waals surface area (Å²) in [6, 6.07) is 12.0. The summed E-state index contributed by atoms with van der Waals surface area (Å²) in [7, 11) is -1.30. The van der Waals surface area contributed by atoms with E-state index in [0.29, 0.717) is 28.1 Å². The van der Waals surface area contributed by atoms with Crippen LogP contribution in [0.1, 0.15) is 22.3 Å². The van der Waals surface area contributed by atoms with Crippen molar-refractivity contribution in [2.45, 2.75) is 27.3 Å². The molecule has 0 aliphatic rings. The van der Waals surface area contributed by atoms with Gasteiger partial charge in [0.25, 0.3) is 0 Å². The third-order valence-electron chi connectivity index (χ3n) is 4.35. The molecule has 0 fully saturated rings. The van der Waals surface area contributed by atoms with E-state index in [9.17, 15) is 0 Å². The van der Waals surface area contributed by atoms with Crippen LogP contribution in [0.2, 0.25) is 5.02 Å². The van der Waals surface area contributed by atoms with Crippen molar-refractivity contribution in [1.82, 2.24) is 14.5 Å². The Morgan fingerprint density at radius 2 is 1.81 bits per heavy atom. The van der Waals surface area contributed by atoms with E-state index in [0.717, 1.165) is 11.1 Å². The van der Waals surface area contributed by atoms with Gasteiger partial charge in [-0.15, -0.1) is 0 Å². The third kappa shape index (κ3) is 6.67. The lowest BCUT2D eigenvalue weighted by molar-refractivity contribution is 0.417. The van der Waals surface area contributed by atoms with E-state index in [2.05, 4.69) is 41.2 Å². The van der Waals surface area contributed by atoms with Crippen LogP contribution >= 0.6 is 22.9 Å². The molecule has 6 nitrogen and oxygen atoms in total. The molecule has 0 saturated heterocycles. The lowest BCUT2D eigenvalue weighted by Gasteiger charge is -2.10. The zero-order chi connectivity index (χ0) is 22.4. The molecule has 3 heterocycles. The molecule has 4 aromatic rings. The van der Waals surface area contributed by atoms with Crippen molar-refractivity contribution in [2.24, 2.45) is 0 Å². The topological polar surface area (TPSA) is 80.4 Å². The first-order valence-electron chi connectivity index (χ1n) is 9.58. The molecule has 0 bridgehead atoms. The summed E-state index contributed by atoms with van der Waals surface area (Å²) in [5, 5.41) is 19.7. The van der Waals surface area contributed by atoms with Crippen LogP contribution in [0.25, 0.3) is 0 Å². The van der Waals surface area contributed by atoms with Gasteiger partial charge in [-0.1, -0.05) is 41.4 Å². The van der Waals surface area contributed by atoms with E-state index in [4.69, 9.17) is 26.4 Å². The number of nitrogens with zero attached hydrogens (tertiary/aromatic N) is 3. The molecule has 2 N–H and O–H groups in total. The van der Waals surface area contributed by atoms with Crippen molar-refractivity contribution in [3.8, 4) is 11.8 Å². The molecule has 3 aromatic heterocycles. The van der Waals surface area contributed by atoms with Crippen molar-refractivity contribution >= 4 is 34.8 Å². The van der Waals surface area contributed by atoms with E-state index in [1.807, 2.05) is 29.9 Å². The van der Waals surface area contributed by atoms with E-state index >= 15 is 0 Å². The summed E-state index contributed by atoms with van der Waals surface area (Å²) >= 11 is 7.27. The SMILES string of the molecule is Cc1ccc(Cn2cncc2Oc2ncc(Cl)cc2C)cc1.Cc1csc(B(O)O)c1. The molecule has 4 rings (SSSR count). The molecule has 0 aliphatic carbocycles. The first-order chi connectivity index (χ1) is 14.8. The van der Waals surface area contributed by atoms with Crippen LogP contribution in [0, 0.1) is 20.8 Å². The standard InChI is InChI=1S/C17H16ClN3O.C5H7BO2S/c1-12-3-5-14(6-4-12)10-21-11-19-9-16(21)22-17-13(2)7-15(18)8-20-17;1-4-2-5(6(7)8)9-3-4/h3-9,11H,10H2,1-2H3;2-3,7-8H,1H3. The maximum Gasteiger partial charge on any atom is 0.499 e. The van der Waals surface area contributed by atoms with Gasteiger partial charge < -0.3 is 14.8 Å². The fourth-order valence-corrected chi connectivity index (χ4v) is 3.70. The normalized spacial score (nSPS) is 10.4. The predicted molar refractivity (Wildman–Crippen MR) is 125 cm³/mol. The summed E-state index contributed by atoms with van der Waals surface area (Å²) in [4.78, 5) is 8.38. The van der Waals surface area contributed by atoms with E-state index < -0.39 is 7.12 Å². The monoisotopic (exact) mass is 455 g/mol. The molecular weight excluding hydrogens is 433 g/mol. The van der Waals surface area contributed by atoms with Crippen LogP contribution in [-0.2, 0) is 6.54 Å². The van der Waals surface area contributed by atoms with Crippen molar-refractivity contribution < 1.29 is 14.8 Å². The molecule has 0 atom stereocenters. The zero-order valence-corrected chi connectivity index (χ0v) is 19.1. The first kappa shape index (κ1) is 23.0. The minimum atomic E-state index is -1.30. The molecular formula is C22H23BClN3O3S. The molecule has 0 amide bonds. The number of aromatic nitrogens is 3. The van der Waals surface area contributed by atoms with Crippen LogP contribution in [0.15, 0.2) is 60.5 Å². The highest BCUT2D eigenvalue weighted by molar-refractivity contribution is 7.20. The minimum absolute atomic E-state index is 0.537.